The number of benzene rings is 2. The number of piperazine rings is 1. The number of aromatic nitrogens is 1. The van der Waals surface area contributed by atoms with Crippen molar-refractivity contribution in [3.8, 4) is 0 Å². The van der Waals surface area contributed by atoms with E-state index < -0.39 is 0 Å². The Morgan fingerprint density at radius 3 is 2.62 bits per heavy atom. The molecule has 6 heteroatoms. The molecule has 1 aliphatic rings. The maximum absolute atomic E-state index is 13.4. The van der Waals surface area contributed by atoms with Gasteiger partial charge in [-0.2, -0.15) is 0 Å². The smallest absolute Gasteiger partial charge is 0.270 e. The first-order valence-corrected chi connectivity index (χ1v) is 8.98. The fraction of sp³-hybridized carbons (Fsp3) is 0.250. The average Bonchev–Trinajstić information content (AvgIpc) is 2.97. The van der Waals surface area contributed by atoms with E-state index in [-0.39, 0.29) is 11.7 Å². The number of carbonyl (C=O) groups excluding carboxylic acids is 1. The minimum atomic E-state index is -0.312. The molecule has 1 fully saturated rings. The Morgan fingerprint density at radius 2 is 1.88 bits per heavy atom. The maximum atomic E-state index is 13.4. The van der Waals surface area contributed by atoms with Gasteiger partial charge in [-0.3, -0.25) is 4.79 Å². The third kappa shape index (κ3) is 3.03. The Labute approximate surface area is 156 Å². The van der Waals surface area contributed by atoms with E-state index in [2.05, 4.69) is 9.88 Å². The van der Waals surface area contributed by atoms with Crippen LogP contribution in [-0.2, 0) is 0 Å². The van der Waals surface area contributed by atoms with Gasteiger partial charge in [0, 0.05) is 47.8 Å². The summed E-state index contributed by atoms with van der Waals surface area (Å²) in [7, 11) is 0. The molecule has 0 aliphatic carbocycles. The first-order chi connectivity index (χ1) is 12.5. The molecule has 1 amide bonds. The molecule has 1 N–H and O–H groups in total. The number of aryl methyl sites for hydroxylation is 1. The number of nitrogens with zero attached hydrogens (tertiary/aromatic N) is 2. The Hall–Kier alpha value is -2.53. The summed E-state index contributed by atoms with van der Waals surface area (Å²) in [6.45, 7) is 4.66. The molecule has 0 bridgehead atoms. The van der Waals surface area contributed by atoms with Crippen LogP contribution >= 0.6 is 11.6 Å². The minimum absolute atomic E-state index is 0.0372. The number of carbonyl (C=O) groups is 1. The highest BCUT2D eigenvalue weighted by Crippen LogP contribution is 2.25. The van der Waals surface area contributed by atoms with E-state index >= 15 is 0 Å². The van der Waals surface area contributed by atoms with Gasteiger partial charge >= 0.3 is 0 Å². The number of hydrogen-bond donors (Lipinski definition) is 1. The molecule has 0 atom stereocenters. The lowest BCUT2D eigenvalue weighted by Gasteiger charge is -2.36. The molecule has 0 spiro atoms. The highest BCUT2D eigenvalue weighted by Gasteiger charge is 2.25. The third-order valence-corrected chi connectivity index (χ3v) is 5.21. The van der Waals surface area contributed by atoms with E-state index in [1.807, 2.05) is 36.1 Å². The second-order valence-electron chi connectivity index (χ2n) is 6.57. The van der Waals surface area contributed by atoms with Gasteiger partial charge in [-0.1, -0.05) is 17.7 Å². The minimum Gasteiger partial charge on any atom is -0.368 e. The summed E-state index contributed by atoms with van der Waals surface area (Å²) in [6, 6.07) is 12.3. The van der Waals surface area contributed by atoms with Crippen molar-refractivity contribution >= 4 is 34.1 Å². The Kier molecular flexibility index (Phi) is 4.32. The summed E-state index contributed by atoms with van der Waals surface area (Å²) < 4.78 is 13.4. The van der Waals surface area contributed by atoms with E-state index in [1.54, 1.807) is 6.07 Å². The van der Waals surface area contributed by atoms with Crippen molar-refractivity contribution in [1.29, 1.82) is 0 Å². The zero-order valence-electron chi connectivity index (χ0n) is 14.4. The quantitative estimate of drug-likeness (QED) is 0.732. The van der Waals surface area contributed by atoms with Crippen LogP contribution < -0.4 is 4.90 Å². The maximum Gasteiger partial charge on any atom is 0.270 e. The second-order valence-corrected chi connectivity index (χ2v) is 7.01. The van der Waals surface area contributed by atoms with Gasteiger partial charge < -0.3 is 14.8 Å². The van der Waals surface area contributed by atoms with Crippen LogP contribution in [0.25, 0.3) is 10.9 Å². The summed E-state index contributed by atoms with van der Waals surface area (Å²) >= 11 is 6.07. The molecule has 1 aromatic heterocycles. The van der Waals surface area contributed by atoms with Crippen LogP contribution in [0.15, 0.2) is 42.5 Å². The number of hydrogen-bond acceptors (Lipinski definition) is 2. The predicted molar refractivity (Wildman–Crippen MR) is 103 cm³/mol. The van der Waals surface area contributed by atoms with Gasteiger partial charge in [-0.05, 0) is 48.9 Å². The number of fused-ring (bicyclic) bond motifs is 1. The molecule has 3 aromatic rings. The third-order valence-electron chi connectivity index (χ3n) is 4.97. The normalized spacial score (nSPS) is 14.9. The van der Waals surface area contributed by atoms with Crippen LogP contribution in [0.5, 0.6) is 0 Å². The lowest BCUT2D eigenvalue weighted by molar-refractivity contribution is 0.0741. The number of rotatable bonds is 2. The lowest BCUT2D eigenvalue weighted by atomic mass is 10.1. The molecule has 4 rings (SSSR count). The highest BCUT2D eigenvalue weighted by atomic mass is 35.5. The number of H-pyrrole nitrogens is 1. The van der Waals surface area contributed by atoms with Crippen LogP contribution in [0.2, 0.25) is 5.02 Å². The predicted octanol–water partition coefficient (Wildman–Crippen LogP) is 4.23. The van der Waals surface area contributed by atoms with Crippen LogP contribution in [0.3, 0.4) is 0 Å². The molecule has 2 heterocycles. The number of nitrogens with one attached hydrogen (secondary N) is 1. The summed E-state index contributed by atoms with van der Waals surface area (Å²) in [5, 5.41) is 1.59. The van der Waals surface area contributed by atoms with Crippen molar-refractivity contribution in [3.05, 3.63) is 64.6 Å². The fourth-order valence-electron chi connectivity index (χ4n) is 3.52. The molecule has 26 heavy (non-hydrogen) atoms. The standard InChI is InChI=1S/C20H19ClFN3O/c1-13-17-6-5-15(22)12-18(17)23-19(13)20(26)25-9-7-24(8-10-25)16-4-2-3-14(21)11-16/h2-6,11-12,23H,7-10H2,1H3. The number of aromatic amines is 1. The fourth-order valence-corrected chi connectivity index (χ4v) is 3.71. The van der Waals surface area contributed by atoms with Gasteiger partial charge in [0.1, 0.15) is 11.5 Å². The van der Waals surface area contributed by atoms with Crippen LogP contribution in [0, 0.1) is 12.7 Å². The summed E-state index contributed by atoms with van der Waals surface area (Å²) in [5.74, 6) is -0.349. The molecule has 0 radical (unpaired) electrons. The van der Waals surface area contributed by atoms with Crippen molar-refractivity contribution < 1.29 is 9.18 Å². The Bertz CT molecular complexity index is 976. The topological polar surface area (TPSA) is 39.3 Å². The van der Waals surface area contributed by atoms with Crippen molar-refractivity contribution in [3.63, 3.8) is 0 Å². The lowest BCUT2D eigenvalue weighted by Crippen LogP contribution is -2.49. The van der Waals surface area contributed by atoms with Crippen molar-refractivity contribution in [2.24, 2.45) is 0 Å². The SMILES string of the molecule is Cc1c(C(=O)N2CCN(c3cccc(Cl)c3)CC2)[nH]c2cc(F)ccc12. The molecule has 0 saturated carbocycles. The van der Waals surface area contributed by atoms with Gasteiger partial charge in [-0.25, -0.2) is 4.39 Å². The highest BCUT2D eigenvalue weighted by molar-refractivity contribution is 6.30. The monoisotopic (exact) mass is 371 g/mol. The van der Waals surface area contributed by atoms with Crippen LogP contribution in [0.1, 0.15) is 16.1 Å². The number of anilines is 1. The zero-order chi connectivity index (χ0) is 18.3. The summed E-state index contributed by atoms with van der Waals surface area (Å²) in [4.78, 5) is 20.1. The average molecular weight is 372 g/mol. The number of halogens is 2. The Morgan fingerprint density at radius 1 is 1.12 bits per heavy atom. The summed E-state index contributed by atoms with van der Waals surface area (Å²) in [5.41, 5.74) is 3.13. The molecule has 134 valence electrons. The molecular weight excluding hydrogens is 353 g/mol. The number of amides is 1. The van der Waals surface area contributed by atoms with Gasteiger partial charge in [0.05, 0.1) is 0 Å². The Balaban J connectivity index is 1.51. The van der Waals surface area contributed by atoms with Gasteiger partial charge in [0.25, 0.3) is 5.91 Å². The van der Waals surface area contributed by atoms with E-state index in [9.17, 15) is 9.18 Å². The first kappa shape index (κ1) is 16.9. The largest absolute Gasteiger partial charge is 0.368 e. The molecule has 4 nitrogen and oxygen atoms in total. The molecule has 0 unspecified atom stereocenters. The van der Waals surface area contributed by atoms with Crippen molar-refractivity contribution in [1.82, 2.24) is 9.88 Å². The summed E-state index contributed by atoms with van der Waals surface area (Å²) in [6.07, 6.45) is 0. The second kappa shape index (κ2) is 6.65. The van der Waals surface area contributed by atoms with Crippen molar-refractivity contribution in [2.45, 2.75) is 6.92 Å². The van der Waals surface area contributed by atoms with Crippen LogP contribution in [0.4, 0.5) is 10.1 Å². The van der Waals surface area contributed by atoms with Gasteiger partial charge in [-0.15, -0.1) is 0 Å². The van der Waals surface area contributed by atoms with E-state index in [4.69, 9.17) is 11.6 Å². The first-order valence-electron chi connectivity index (χ1n) is 8.60. The van der Waals surface area contributed by atoms with Crippen molar-refractivity contribution in [2.75, 3.05) is 31.1 Å². The van der Waals surface area contributed by atoms with E-state index in [0.29, 0.717) is 29.3 Å². The molecule has 2 aromatic carbocycles. The van der Waals surface area contributed by atoms with Gasteiger partial charge in [0.15, 0.2) is 0 Å². The molecule has 1 saturated heterocycles. The van der Waals surface area contributed by atoms with Crippen LogP contribution in [-0.4, -0.2) is 42.0 Å². The van der Waals surface area contributed by atoms with E-state index in [0.717, 1.165) is 29.7 Å². The molecule has 1 aliphatic heterocycles. The van der Waals surface area contributed by atoms with E-state index in [1.165, 1.54) is 12.1 Å². The molecular formula is C20H19ClFN3O. The zero-order valence-corrected chi connectivity index (χ0v) is 15.2. The van der Waals surface area contributed by atoms with Gasteiger partial charge in [0.2, 0.25) is 0 Å².